The highest BCUT2D eigenvalue weighted by molar-refractivity contribution is 5.37. The maximum Gasteiger partial charge on any atom is 0.123 e. The maximum atomic E-state index is 5.32. The quantitative estimate of drug-likeness (QED) is 0.774. The molecule has 84 valence electrons. The summed E-state index contributed by atoms with van der Waals surface area (Å²) in [5, 5.41) is 3.16. The van der Waals surface area contributed by atoms with Crippen molar-refractivity contribution >= 4 is 0 Å². The second kappa shape index (κ2) is 6.46. The number of nitrogens with one attached hydrogen (secondary N) is 1. The molecule has 0 fully saturated rings. The standard InChI is InChI=1S/C13H21NO/c1-4-5-6-11-7-8-13(15-3)12(9-11)10-14-2/h7-9,14H,4-6,10H2,1-3H3. The minimum atomic E-state index is 0.864. The summed E-state index contributed by atoms with van der Waals surface area (Å²) in [5.74, 6) is 0.976. The Morgan fingerprint density at radius 2 is 2.13 bits per heavy atom. The summed E-state index contributed by atoms with van der Waals surface area (Å²) in [6.07, 6.45) is 3.66. The molecule has 0 spiro atoms. The lowest BCUT2D eigenvalue weighted by Crippen LogP contribution is -2.07. The number of hydrogen-bond acceptors (Lipinski definition) is 2. The zero-order valence-corrected chi connectivity index (χ0v) is 9.97. The maximum absolute atomic E-state index is 5.32. The van der Waals surface area contributed by atoms with E-state index in [-0.39, 0.29) is 0 Å². The van der Waals surface area contributed by atoms with Crippen molar-refractivity contribution in [2.45, 2.75) is 32.7 Å². The van der Waals surface area contributed by atoms with E-state index in [0.29, 0.717) is 0 Å². The van der Waals surface area contributed by atoms with E-state index in [2.05, 4.69) is 30.4 Å². The Kier molecular flexibility index (Phi) is 5.19. The van der Waals surface area contributed by atoms with Crippen LogP contribution in [0, 0.1) is 0 Å². The average molecular weight is 207 g/mol. The summed E-state index contributed by atoms with van der Waals surface area (Å²) < 4.78 is 5.32. The molecule has 1 rings (SSSR count). The normalized spacial score (nSPS) is 10.3. The van der Waals surface area contributed by atoms with Gasteiger partial charge in [-0.25, -0.2) is 0 Å². The highest BCUT2D eigenvalue weighted by Gasteiger charge is 2.03. The van der Waals surface area contributed by atoms with Gasteiger partial charge >= 0.3 is 0 Å². The SMILES string of the molecule is CCCCc1ccc(OC)c(CNC)c1. The largest absolute Gasteiger partial charge is 0.496 e. The van der Waals surface area contributed by atoms with Crippen molar-refractivity contribution < 1.29 is 4.74 Å². The minimum Gasteiger partial charge on any atom is -0.496 e. The lowest BCUT2D eigenvalue weighted by atomic mass is 10.0. The lowest BCUT2D eigenvalue weighted by Gasteiger charge is -2.10. The van der Waals surface area contributed by atoms with E-state index >= 15 is 0 Å². The van der Waals surface area contributed by atoms with Crippen molar-refractivity contribution in [1.29, 1.82) is 0 Å². The molecular weight excluding hydrogens is 186 g/mol. The van der Waals surface area contributed by atoms with E-state index in [9.17, 15) is 0 Å². The lowest BCUT2D eigenvalue weighted by molar-refractivity contribution is 0.408. The predicted molar refractivity (Wildman–Crippen MR) is 64.4 cm³/mol. The Morgan fingerprint density at radius 3 is 2.73 bits per heavy atom. The Balaban J connectivity index is 2.79. The van der Waals surface area contributed by atoms with Crippen LogP contribution < -0.4 is 10.1 Å². The van der Waals surface area contributed by atoms with Crippen LogP contribution in [0.15, 0.2) is 18.2 Å². The van der Waals surface area contributed by atoms with Crippen LogP contribution in [0.1, 0.15) is 30.9 Å². The average Bonchev–Trinajstić information content (AvgIpc) is 2.27. The fraction of sp³-hybridized carbons (Fsp3) is 0.538. The van der Waals surface area contributed by atoms with Crippen molar-refractivity contribution in [3.05, 3.63) is 29.3 Å². The van der Waals surface area contributed by atoms with Gasteiger partial charge in [0.15, 0.2) is 0 Å². The van der Waals surface area contributed by atoms with Gasteiger partial charge in [-0.2, -0.15) is 0 Å². The summed E-state index contributed by atoms with van der Waals surface area (Å²) >= 11 is 0. The van der Waals surface area contributed by atoms with E-state index in [1.165, 1.54) is 24.0 Å². The molecular formula is C13H21NO. The molecule has 0 unspecified atom stereocenters. The molecule has 0 aliphatic rings. The first kappa shape index (κ1) is 12.1. The molecule has 0 saturated carbocycles. The molecule has 0 atom stereocenters. The predicted octanol–water partition coefficient (Wildman–Crippen LogP) is 2.76. The van der Waals surface area contributed by atoms with Gasteiger partial charge in [-0.3, -0.25) is 0 Å². The molecule has 15 heavy (non-hydrogen) atoms. The molecule has 0 bridgehead atoms. The number of hydrogen-bond donors (Lipinski definition) is 1. The van der Waals surface area contributed by atoms with Crippen LogP contribution >= 0.6 is 0 Å². The Bertz CT molecular complexity index is 297. The number of ether oxygens (including phenoxy) is 1. The number of unbranched alkanes of at least 4 members (excludes halogenated alkanes) is 1. The summed E-state index contributed by atoms with van der Waals surface area (Å²) in [4.78, 5) is 0. The third-order valence-corrected chi connectivity index (χ3v) is 2.53. The van der Waals surface area contributed by atoms with Gasteiger partial charge in [0.05, 0.1) is 7.11 Å². The first-order chi connectivity index (χ1) is 7.31. The second-order valence-electron chi connectivity index (χ2n) is 3.78. The summed E-state index contributed by atoms with van der Waals surface area (Å²) in [6.45, 7) is 3.08. The molecule has 1 aromatic carbocycles. The van der Waals surface area contributed by atoms with Gasteiger partial charge in [0.1, 0.15) is 5.75 Å². The van der Waals surface area contributed by atoms with E-state index in [4.69, 9.17) is 4.74 Å². The van der Waals surface area contributed by atoms with Crippen molar-refractivity contribution in [2.75, 3.05) is 14.2 Å². The Hall–Kier alpha value is -1.02. The van der Waals surface area contributed by atoms with E-state index < -0.39 is 0 Å². The van der Waals surface area contributed by atoms with E-state index in [1.54, 1.807) is 7.11 Å². The fourth-order valence-corrected chi connectivity index (χ4v) is 1.70. The van der Waals surface area contributed by atoms with Gasteiger partial charge < -0.3 is 10.1 Å². The van der Waals surface area contributed by atoms with Crippen LogP contribution in [0.25, 0.3) is 0 Å². The molecule has 0 aromatic heterocycles. The van der Waals surface area contributed by atoms with Crippen LogP contribution in [0.3, 0.4) is 0 Å². The van der Waals surface area contributed by atoms with Crippen LogP contribution in [0.2, 0.25) is 0 Å². The number of methoxy groups -OCH3 is 1. The molecule has 1 aromatic rings. The van der Waals surface area contributed by atoms with Crippen molar-refractivity contribution in [3.63, 3.8) is 0 Å². The highest BCUT2D eigenvalue weighted by atomic mass is 16.5. The Labute approximate surface area is 92.6 Å². The molecule has 0 saturated heterocycles. The molecule has 0 heterocycles. The van der Waals surface area contributed by atoms with Gasteiger partial charge in [0.2, 0.25) is 0 Å². The molecule has 0 amide bonds. The van der Waals surface area contributed by atoms with Crippen LogP contribution in [-0.4, -0.2) is 14.2 Å². The highest BCUT2D eigenvalue weighted by Crippen LogP contribution is 2.20. The van der Waals surface area contributed by atoms with E-state index in [1.807, 2.05) is 7.05 Å². The molecule has 1 N–H and O–H groups in total. The number of aryl methyl sites for hydroxylation is 1. The van der Waals surface area contributed by atoms with Gasteiger partial charge in [0.25, 0.3) is 0 Å². The zero-order valence-electron chi connectivity index (χ0n) is 9.97. The molecule has 0 aliphatic carbocycles. The smallest absolute Gasteiger partial charge is 0.123 e. The molecule has 2 nitrogen and oxygen atoms in total. The third kappa shape index (κ3) is 3.56. The van der Waals surface area contributed by atoms with Gasteiger partial charge in [-0.05, 0) is 31.5 Å². The summed E-state index contributed by atoms with van der Waals surface area (Å²) in [6, 6.07) is 6.47. The van der Waals surface area contributed by atoms with Crippen LogP contribution in [0.5, 0.6) is 5.75 Å². The second-order valence-corrected chi connectivity index (χ2v) is 3.78. The number of rotatable bonds is 6. The summed E-state index contributed by atoms with van der Waals surface area (Å²) in [7, 11) is 3.68. The van der Waals surface area contributed by atoms with Crippen molar-refractivity contribution in [1.82, 2.24) is 5.32 Å². The first-order valence-electron chi connectivity index (χ1n) is 5.62. The van der Waals surface area contributed by atoms with Gasteiger partial charge in [0, 0.05) is 12.1 Å². The van der Waals surface area contributed by atoms with E-state index in [0.717, 1.165) is 18.7 Å². The van der Waals surface area contributed by atoms with Crippen molar-refractivity contribution in [2.24, 2.45) is 0 Å². The number of benzene rings is 1. The topological polar surface area (TPSA) is 21.3 Å². The molecule has 0 radical (unpaired) electrons. The first-order valence-corrected chi connectivity index (χ1v) is 5.62. The monoisotopic (exact) mass is 207 g/mol. The zero-order chi connectivity index (χ0) is 11.1. The third-order valence-electron chi connectivity index (χ3n) is 2.53. The van der Waals surface area contributed by atoms with Crippen molar-refractivity contribution in [3.8, 4) is 5.75 Å². The summed E-state index contributed by atoms with van der Waals surface area (Å²) in [5.41, 5.74) is 2.65. The molecule has 0 aliphatic heterocycles. The van der Waals surface area contributed by atoms with Crippen LogP contribution in [-0.2, 0) is 13.0 Å². The minimum absolute atomic E-state index is 0.864. The van der Waals surface area contributed by atoms with Crippen LogP contribution in [0.4, 0.5) is 0 Å². The Morgan fingerprint density at radius 1 is 1.33 bits per heavy atom. The molecule has 2 heteroatoms. The van der Waals surface area contributed by atoms with Gasteiger partial charge in [-0.15, -0.1) is 0 Å². The fourth-order valence-electron chi connectivity index (χ4n) is 1.70. The van der Waals surface area contributed by atoms with Gasteiger partial charge in [-0.1, -0.05) is 25.5 Å².